The Labute approximate surface area is 347 Å². The molecule has 3 aliphatic rings. The van der Waals surface area contributed by atoms with Crippen LogP contribution >= 0.6 is 0 Å². The molecule has 0 saturated heterocycles. The number of para-hydroxylation sites is 3. The van der Waals surface area contributed by atoms with Gasteiger partial charge in [0.15, 0.2) is 0 Å². The third-order valence-corrected chi connectivity index (χ3v) is 13.9. The van der Waals surface area contributed by atoms with E-state index >= 15 is 0 Å². The van der Waals surface area contributed by atoms with E-state index in [-0.39, 0.29) is 23.1 Å². The number of allylic oxidation sites excluding steroid dienone is 1. The average molecular weight is 762 g/mol. The normalized spacial score (nSPS) is 15.5. The van der Waals surface area contributed by atoms with Crippen LogP contribution < -0.4 is 10.4 Å². The van der Waals surface area contributed by atoms with Gasteiger partial charge in [0.1, 0.15) is 0 Å². The van der Waals surface area contributed by atoms with Gasteiger partial charge in [-0.3, -0.25) is 0 Å². The molecule has 0 N–H and O–H groups in total. The number of fused-ring (bicyclic) bond motifs is 12. The summed E-state index contributed by atoms with van der Waals surface area (Å²) in [6.07, 6.45) is 0. The number of nitrogens with zero attached hydrogens (tertiary/aromatic N) is 3. The third-order valence-electron chi connectivity index (χ3n) is 13.9. The molecule has 9 aromatic rings. The fourth-order valence-electron chi connectivity index (χ4n) is 11.2. The molecule has 0 bridgehead atoms. The summed E-state index contributed by atoms with van der Waals surface area (Å²) in [5.74, 6) is 0. The maximum Gasteiger partial charge on any atom is 0.333 e. The first kappa shape index (κ1) is 34.8. The van der Waals surface area contributed by atoms with Crippen LogP contribution in [0.4, 0.5) is 11.4 Å². The fourth-order valence-corrected chi connectivity index (χ4v) is 11.2. The summed E-state index contributed by atoms with van der Waals surface area (Å²) < 4.78 is 5.30. The monoisotopic (exact) mass is 761 g/mol. The molecule has 2 aliphatic heterocycles. The van der Waals surface area contributed by atoms with Crippen LogP contribution in [0.15, 0.2) is 151 Å². The lowest BCUT2D eigenvalue weighted by molar-refractivity contribution is 0.589. The predicted octanol–water partition coefficient (Wildman–Crippen LogP) is 13.6. The summed E-state index contributed by atoms with van der Waals surface area (Å²) in [7, 11) is 0. The van der Waals surface area contributed by atoms with Crippen LogP contribution in [0.25, 0.3) is 65.9 Å². The highest BCUT2D eigenvalue weighted by atomic mass is 15.2. The van der Waals surface area contributed by atoms with Gasteiger partial charge >= 0.3 is 6.85 Å². The summed E-state index contributed by atoms with van der Waals surface area (Å²) in [6, 6.07) is 55.6. The summed E-state index contributed by atoms with van der Waals surface area (Å²) >= 11 is 0. The average Bonchev–Trinajstić information content (AvgIpc) is 3.82. The fraction of sp³-hybridized carbons (Fsp3) is 0.200. The zero-order valence-corrected chi connectivity index (χ0v) is 35.3. The predicted molar refractivity (Wildman–Crippen MR) is 252 cm³/mol. The Morgan fingerprint density at radius 2 is 1.12 bits per heavy atom. The van der Waals surface area contributed by atoms with Gasteiger partial charge in [-0.1, -0.05) is 152 Å². The second kappa shape index (κ2) is 11.5. The van der Waals surface area contributed by atoms with Gasteiger partial charge in [-0.2, -0.15) is 0 Å². The maximum absolute atomic E-state index is 2.75. The number of benzene rings is 7. The minimum Gasteiger partial charge on any atom is -0.375 e. The van der Waals surface area contributed by atoms with Gasteiger partial charge in [0.2, 0.25) is 0 Å². The molecule has 7 aromatic carbocycles. The smallest absolute Gasteiger partial charge is 0.333 e. The molecule has 0 spiro atoms. The standard InChI is InChI=1S/C55H48BN3/c1-53(2,3)33-26-28-36(29-27-33)58-46-31-34(54(4,5)6)30-42-47-50-40(37-20-13-16-24-44(37)57(50)35-18-10-9-11-19-35)32-41-38-21-14-17-25-45(38)59(51(41)47)56(48(42)46)49-39-22-12-15-23-43(39)55(7,8)52(49)58/h9-32H,1-8H3. The van der Waals surface area contributed by atoms with Crippen LogP contribution in [0, 0.1) is 0 Å². The zero-order valence-electron chi connectivity index (χ0n) is 35.3. The van der Waals surface area contributed by atoms with Gasteiger partial charge in [0, 0.05) is 66.3 Å². The summed E-state index contributed by atoms with van der Waals surface area (Å²) in [4.78, 5) is 2.67. The molecule has 0 fully saturated rings. The van der Waals surface area contributed by atoms with Crippen molar-refractivity contribution in [1.29, 1.82) is 0 Å². The zero-order chi connectivity index (χ0) is 40.3. The van der Waals surface area contributed by atoms with Gasteiger partial charge in [-0.25, -0.2) is 0 Å². The lowest BCUT2D eigenvalue weighted by atomic mass is 9.43. The van der Waals surface area contributed by atoms with Crippen molar-refractivity contribution in [3.05, 3.63) is 174 Å². The van der Waals surface area contributed by atoms with Crippen molar-refractivity contribution >= 4 is 72.8 Å². The van der Waals surface area contributed by atoms with E-state index in [1.165, 1.54) is 111 Å². The number of aromatic nitrogens is 2. The number of hydrogen-bond acceptors (Lipinski definition) is 1. The Morgan fingerprint density at radius 1 is 0.508 bits per heavy atom. The minimum absolute atomic E-state index is 0.0288. The van der Waals surface area contributed by atoms with Gasteiger partial charge < -0.3 is 13.9 Å². The van der Waals surface area contributed by atoms with Crippen LogP contribution in [0.1, 0.15) is 77.6 Å². The molecule has 12 rings (SSSR count). The van der Waals surface area contributed by atoms with Gasteiger partial charge in [0.25, 0.3) is 0 Å². The number of anilines is 2. The maximum atomic E-state index is 2.75. The molecule has 4 heterocycles. The SMILES string of the molecule is CC(C)(C)c1ccc(N2C3=C(B4c5c(cc(C(C)(C)C)cc52)-c2c5c(cc6c7ccccc7n(-c7ccccc7)c26)c2ccccc2n54)c2ccccc2C3(C)C)cc1. The van der Waals surface area contributed by atoms with E-state index in [9.17, 15) is 0 Å². The van der Waals surface area contributed by atoms with Gasteiger partial charge in [-0.15, -0.1) is 0 Å². The van der Waals surface area contributed by atoms with Crippen molar-refractivity contribution < 1.29 is 0 Å². The highest BCUT2D eigenvalue weighted by Crippen LogP contribution is 2.58. The van der Waals surface area contributed by atoms with Crippen molar-refractivity contribution in [2.45, 2.75) is 71.6 Å². The van der Waals surface area contributed by atoms with Crippen molar-refractivity contribution in [2.75, 3.05) is 4.90 Å². The Kier molecular flexibility index (Phi) is 6.76. The minimum atomic E-state index is -0.254. The molecule has 3 nitrogen and oxygen atoms in total. The van der Waals surface area contributed by atoms with Crippen molar-refractivity contribution in [3.8, 4) is 16.8 Å². The lowest BCUT2D eigenvalue weighted by Gasteiger charge is -2.44. The van der Waals surface area contributed by atoms with E-state index in [1.807, 2.05) is 0 Å². The van der Waals surface area contributed by atoms with Crippen LogP contribution in [0.2, 0.25) is 0 Å². The number of rotatable bonds is 2. The molecule has 0 unspecified atom stereocenters. The highest BCUT2D eigenvalue weighted by Gasteiger charge is 2.53. The van der Waals surface area contributed by atoms with Crippen LogP contribution in [-0.2, 0) is 16.2 Å². The van der Waals surface area contributed by atoms with E-state index in [4.69, 9.17) is 0 Å². The molecular formula is C55H48BN3. The van der Waals surface area contributed by atoms with Gasteiger partial charge in [0.05, 0.1) is 11.0 Å². The van der Waals surface area contributed by atoms with Crippen molar-refractivity contribution in [3.63, 3.8) is 0 Å². The first-order chi connectivity index (χ1) is 28.3. The van der Waals surface area contributed by atoms with E-state index in [1.54, 1.807) is 0 Å². The molecule has 59 heavy (non-hydrogen) atoms. The highest BCUT2D eigenvalue weighted by molar-refractivity contribution is 6.93. The molecule has 1 aliphatic carbocycles. The Hall–Kier alpha value is -6.26. The first-order valence-corrected chi connectivity index (χ1v) is 21.3. The molecule has 0 amide bonds. The second-order valence-corrected chi connectivity index (χ2v) is 19.8. The Morgan fingerprint density at radius 3 is 1.83 bits per heavy atom. The van der Waals surface area contributed by atoms with E-state index in [0.29, 0.717) is 0 Å². The van der Waals surface area contributed by atoms with Gasteiger partial charge in [-0.05, 0) is 98.1 Å². The molecule has 0 saturated carbocycles. The summed E-state index contributed by atoms with van der Waals surface area (Å²) in [5, 5.41) is 5.20. The third kappa shape index (κ3) is 4.50. The molecule has 0 radical (unpaired) electrons. The lowest BCUT2D eigenvalue weighted by Crippen LogP contribution is -2.50. The summed E-state index contributed by atoms with van der Waals surface area (Å²) in [5.41, 5.74) is 20.8. The Bertz CT molecular complexity index is 3310. The Balaban J connectivity index is 1.33. The molecule has 2 aromatic heterocycles. The first-order valence-electron chi connectivity index (χ1n) is 21.3. The molecular weight excluding hydrogens is 713 g/mol. The quantitative estimate of drug-likeness (QED) is 0.160. The molecule has 4 heteroatoms. The van der Waals surface area contributed by atoms with Crippen molar-refractivity contribution in [2.24, 2.45) is 0 Å². The summed E-state index contributed by atoms with van der Waals surface area (Å²) in [6.45, 7) is 18.9. The van der Waals surface area contributed by atoms with E-state index in [0.717, 1.165) is 0 Å². The van der Waals surface area contributed by atoms with Crippen LogP contribution in [0.5, 0.6) is 0 Å². The van der Waals surface area contributed by atoms with Crippen LogP contribution in [0.3, 0.4) is 0 Å². The van der Waals surface area contributed by atoms with Crippen LogP contribution in [-0.4, -0.2) is 15.9 Å². The second-order valence-electron chi connectivity index (χ2n) is 19.8. The molecule has 0 atom stereocenters. The van der Waals surface area contributed by atoms with E-state index in [2.05, 4.69) is 215 Å². The topological polar surface area (TPSA) is 13.1 Å². The number of hydrogen-bond donors (Lipinski definition) is 0. The largest absolute Gasteiger partial charge is 0.375 e. The van der Waals surface area contributed by atoms with Crippen molar-refractivity contribution in [1.82, 2.24) is 9.05 Å². The molecule has 286 valence electrons. The van der Waals surface area contributed by atoms with E-state index < -0.39 is 0 Å².